The maximum absolute atomic E-state index is 11.6. The fourth-order valence-electron chi connectivity index (χ4n) is 2.15. The molecule has 1 amide bonds. The van der Waals surface area contributed by atoms with E-state index in [1.165, 1.54) is 0 Å². The summed E-state index contributed by atoms with van der Waals surface area (Å²) in [6, 6.07) is 0. The van der Waals surface area contributed by atoms with Gasteiger partial charge in [0.05, 0.1) is 24.4 Å². The molecule has 0 aromatic heterocycles. The molecule has 0 aliphatic carbocycles. The number of carbonyl (C=O) groups is 2. The summed E-state index contributed by atoms with van der Waals surface area (Å²) >= 11 is 0. The Morgan fingerprint density at radius 1 is 0.960 bits per heavy atom. The van der Waals surface area contributed by atoms with Crippen molar-refractivity contribution in [2.45, 2.75) is 84.8 Å². The van der Waals surface area contributed by atoms with Crippen molar-refractivity contribution in [2.75, 3.05) is 19.8 Å². The molecule has 148 valence electrons. The van der Waals surface area contributed by atoms with E-state index in [4.69, 9.17) is 14.6 Å². The number of rotatable bonds is 14. The van der Waals surface area contributed by atoms with Crippen LogP contribution in [0.25, 0.3) is 0 Å². The minimum absolute atomic E-state index is 0.0682. The van der Waals surface area contributed by atoms with Gasteiger partial charge in [-0.05, 0) is 52.9 Å². The molecule has 0 saturated carbocycles. The molecule has 0 saturated heterocycles. The van der Waals surface area contributed by atoms with E-state index in [2.05, 4.69) is 19.2 Å². The van der Waals surface area contributed by atoms with Crippen LogP contribution in [0, 0.1) is 5.92 Å². The smallest absolute Gasteiger partial charge is 0.303 e. The topological polar surface area (TPSA) is 84.9 Å². The molecule has 0 aliphatic rings. The average molecular weight is 360 g/mol. The van der Waals surface area contributed by atoms with Gasteiger partial charge in [0.25, 0.3) is 0 Å². The monoisotopic (exact) mass is 359 g/mol. The first-order chi connectivity index (χ1) is 11.4. The zero-order chi connectivity index (χ0) is 19.5. The van der Waals surface area contributed by atoms with E-state index in [1.807, 2.05) is 27.7 Å². The minimum atomic E-state index is -0.809. The SMILES string of the molecule is CC(C)CCC(=O)NCCOC(C)(C)CCOC(C)(C)CCC(=O)O. The second-order valence-corrected chi connectivity index (χ2v) is 8.14. The Morgan fingerprint density at radius 2 is 1.52 bits per heavy atom. The third kappa shape index (κ3) is 14.9. The molecule has 6 nitrogen and oxygen atoms in total. The predicted molar refractivity (Wildman–Crippen MR) is 98.6 cm³/mol. The molecule has 0 spiro atoms. The van der Waals surface area contributed by atoms with E-state index in [0.717, 1.165) is 6.42 Å². The maximum Gasteiger partial charge on any atom is 0.303 e. The number of ether oxygens (including phenoxy) is 2. The van der Waals surface area contributed by atoms with Crippen molar-refractivity contribution in [3.63, 3.8) is 0 Å². The average Bonchev–Trinajstić information content (AvgIpc) is 2.47. The minimum Gasteiger partial charge on any atom is -0.481 e. The summed E-state index contributed by atoms with van der Waals surface area (Å²) in [6.45, 7) is 13.4. The van der Waals surface area contributed by atoms with Gasteiger partial charge < -0.3 is 19.9 Å². The van der Waals surface area contributed by atoms with Gasteiger partial charge in [-0.2, -0.15) is 0 Å². The second kappa shape index (κ2) is 11.5. The molecule has 0 atom stereocenters. The molecule has 0 heterocycles. The van der Waals surface area contributed by atoms with E-state index in [-0.39, 0.29) is 17.9 Å². The van der Waals surface area contributed by atoms with Gasteiger partial charge in [0.2, 0.25) is 5.91 Å². The summed E-state index contributed by atoms with van der Waals surface area (Å²) in [4.78, 5) is 22.3. The van der Waals surface area contributed by atoms with Crippen molar-refractivity contribution in [2.24, 2.45) is 5.92 Å². The van der Waals surface area contributed by atoms with Crippen molar-refractivity contribution in [3.8, 4) is 0 Å². The first kappa shape index (κ1) is 23.9. The van der Waals surface area contributed by atoms with Crippen molar-refractivity contribution in [1.82, 2.24) is 5.32 Å². The lowest BCUT2D eigenvalue weighted by molar-refractivity contribution is -0.139. The zero-order valence-electron chi connectivity index (χ0n) is 16.8. The standard InChI is InChI=1S/C19H37NO5/c1-15(2)7-8-16(21)20-12-14-25-19(5,6)11-13-24-18(3,4)10-9-17(22)23/h15H,7-14H2,1-6H3,(H,20,21)(H,22,23). The first-order valence-electron chi connectivity index (χ1n) is 9.20. The molecule has 0 radical (unpaired) electrons. The lowest BCUT2D eigenvalue weighted by Crippen LogP contribution is -2.34. The van der Waals surface area contributed by atoms with Gasteiger partial charge in [0.15, 0.2) is 0 Å². The van der Waals surface area contributed by atoms with Crippen LogP contribution in [-0.2, 0) is 19.1 Å². The van der Waals surface area contributed by atoms with Gasteiger partial charge in [-0.15, -0.1) is 0 Å². The van der Waals surface area contributed by atoms with Crippen LogP contribution >= 0.6 is 0 Å². The lowest BCUT2D eigenvalue weighted by Gasteiger charge is -2.29. The Hall–Kier alpha value is -1.14. The van der Waals surface area contributed by atoms with Gasteiger partial charge in [0.1, 0.15) is 0 Å². The van der Waals surface area contributed by atoms with Crippen molar-refractivity contribution in [1.29, 1.82) is 0 Å². The van der Waals surface area contributed by atoms with Gasteiger partial charge in [-0.3, -0.25) is 9.59 Å². The molecular weight excluding hydrogens is 322 g/mol. The number of carboxylic acid groups (broad SMARTS) is 1. The highest BCUT2D eigenvalue weighted by atomic mass is 16.5. The highest BCUT2D eigenvalue weighted by Gasteiger charge is 2.23. The zero-order valence-corrected chi connectivity index (χ0v) is 16.8. The Kier molecular flexibility index (Phi) is 10.9. The summed E-state index contributed by atoms with van der Waals surface area (Å²) in [5.41, 5.74) is -0.815. The van der Waals surface area contributed by atoms with Gasteiger partial charge in [-0.25, -0.2) is 0 Å². The fraction of sp³-hybridized carbons (Fsp3) is 0.895. The van der Waals surface area contributed by atoms with Crippen LogP contribution in [0.1, 0.15) is 73.6 Å². The fourth-order valence-corrected chi connectivity index (χ4v) is 2.15. The van der Waals surface area contributed by atoms with Gasteiger partial charge >= 0.3 is 5.97 Å². The Bertz CT molecular complexity index is 405. The predicted octanol–water partition coefficient (Wildman–Crippen LogP) is 3.38. The van der Waals surface area contributed by atoms with Gasteiger partial charge in [-0.1, -0.05) is 13.8 Å². The number of hydrogen-bond acceptors (Lipinski definition) is 4. The number of carboxylic acids is 1. The summed E-state index contributed by atoms with van der Waals surface area (Å²) in [7, 11) is 0. The number of carbonyl (C=O) groups excluding carboxylic acids is 1. The molecule has 0 fully saturated rings. The van der Waals surface area contributed by atoms with E-state index in [0.29, 0.717) is 44.9 Å². The third-order valence-corrected chi connectivity index (χ3v) is 4.00. The summed E-state index contributed by atoms with van der Waals surface area (Å²) in [6.07, 6.45) is 2.73. The molecule has 25 heavy (non-hydrogen) atoms. The Balaban J connectivity index is 3.90. The van der Waals surface area contributed by atoms with Crippen molar-refractivity contribution in [3.05, 3.63) is 0 Å². The van der Waals surface area contributed by atoms with Crippen LogP contribution in [0.15, 0.2) is 0 Å². The summed E-state index contributed by atoms with van der Waals surface area (Å²) < 4.78 is 11.6. The van der Waals surface area contributed by atoms with Crippen molar-refractivity contribution >= 4 is 11.9 Å². The summed E-state index contributed by atoms with van der Waals surface area (Å²) in [5.74, 6) is -0.213. The van der Waals surface area contributed by atoms with Crippen LogP contribution in [0.3, 0.4) is 0 Å². The molecule has 0 unspecified atom stereocenters. The quantitative estimate of drug-likeness (QED) is 0.464. The summed E-state index contributed by atoms with van der Waals surface area (Å²) in [5, 5.41) is 11.6. The van der Waals surface area contributed by atoms with Crippen LogP contribution in [0.4, 0.5) is 0 Å². The molecule has 0 aliphatic heterocycles. The third-order valence-electron chi connectivity index (χ3n) is 4.00. The van der Waals surface area contributed by atoms with E-state index in [1.54, 1.807) is 0 Å². The largest absolute Gasteiger partial charge is 0.481 e. The number of aliphatic carboxylic acids is 1. The molecule has 0 bridgehead atoms. The molecular formula is C19H37NO5. The number of hydrogen-bond donors (Lipinski definition) is 2. The molecule has 6 heteroatoms. The highest BCUT2D eigenvalue weighted by Crippen LogP contribution is 2.20. The normalized spacial score (nSPS) is 12.4. The lowest BCUT2D eigenvalue weighted by atomic mass is 10.0. The van der Waals surface area contributed by atoms with E-state index in [9.17, 15) is 9.59 Å². The van der Waals surface area contributed by atoms with Gasteiger partial charge in [0, 0.05) is 19.4 Å². The van der Waals surface area contributed by atoms with Crippen molar-refractivity contribution < 1.29 is 24.2 Å². The highest BCUT2D eigenvalue weighted by molar-refractivity contribution is 5.75. The van der Waals surface area contributed by atoms with Crippen LogP contribution < -0.4 is 5.32 Å². The van der Waals surface area contributed by atoms with E-state index >= 15 is 0 Å². The molecule has 0 rings (SSSR count). The Labute approximate surface area is 152 Å². The van der Waals surface area contributed by atoms with Crippen LogP contribution in [-0.4, -0.2) is 47.9 Å². The Morgan fingerprint density at radius 3 is 2.08 bits per heavy atom. The second-order valence-electron chi connectivity index (χ2n) is 8.14. The first-order valence-corrected chi connectivity index (χ1v) is 9.20. The van der Waals surface area contributed by atoms with Crippen LogP contribution in [0.2, 0.25) is 0 Å². The molecule has 2 N–H and O–H groups in total. The number of amides is 1. The number of nitrogens with one attached hydrogen (secondary N) is 1. The molecule has 0 aromatic carbocycles. The maximum atomic E-state index is 11.6. The van der Waals surface area contributed by atoms with E-state index < -0.39 is 11.6 Å². The van der Waals surface area contributed by atoms with Crippen LogP contribution in [0.5, 0.6) is 0 Å². The molecule has 0 aromatic rings.